The van der Waals surface area contributed by atoms with Gasteiger partial charge in [-0.2, -0.15) is 4.31 Å². The highest BCUT2D eigenvalue weighted by atomic mass is 32.2. The summed E-state index contributed by atoms with van der Waals surface area (Å²) < 4.78 is 33.4. The van der Waals surface area contributed by atoms with E-state index < -0.39 is 10.0 Å². The molecule has 160 valence electrons. The Kier molecular flexibility index (Phi) is 5.97. The Balaban J connectivity index is 1.34. The molecule has 1 amide bonds. The molecule has 2 aliphatic heterocycles. The number of hydrogen-bond donors (Lipinski definition) is 1. The molecule has 1 N–H and O–H groups in total. The molecule has 2 heterocycles. The minimum Gasteiger partial charge on any atom is -0.364 e. The number of morpholine rings is 1. The summed E-state index contributed by atoms with van der Waals surface area (Å²) >= 11 is 0. The Morgan fingerprint density at radius 1 is 1.07 bits per heavy atom. The zero-order chi connectivity index (χ0) is 20.6. The van der Waals surface area contributed by atoms with Crippen molar-refractivity contribution in [1.29, 1.82) is 0 Å². The molecule has 2 atom stereocenters. The van der Waals surface area contributed by atoms with Gasteiger partial charge in [-0.05, 0) is 56.4 Å². The lowest BCUT2D eigenvalue weighted by Crippen LogP contribution is -3.16. The first kappa shape index (κ1) is 20.8. The Hall–Kier alpha value is -1.48. The van der Waals surface area contributed by atoms with Gasteiger partial charge in [0.15, 0.2) is 6.54 Å². The Labute approximate surface area is 173 Å². The number of nitrogens with one attached hydrogen (secondary N) is 1. The predicted molar refractivity (Wildman–Crippen MR) is 109 cm³/mol. The lowest BCUT2D eigenvalue weighted by atomic mass is 10.1. The van der Waals surface area contributed by atoms with Crippen molar-refractivity contribution in [3.8, 4) is 0 Å². The van der Waals surface area contributed by atoms with Crippen LogP contribution in [0.4, 0.5) is 0 Å². The molecule has 0 spiro atoms. The van der Waals surface area contributed by atoms with Crippen molar-refractivity contribution in [2.45, 2.75) is 50.2 Å². The topological polar surface area (TPSA) is 71.4 Å². The van der Waals surface area contributed by atoms with E-state index in [-0.39, 0.29) is 18.1 Å². The first-order valence-corrected chi connectivity index (χ1v) is 12.2. The van der Waals surface area contributed by atoms with Gasteiger partial charge in [0.1, 0.15) is 25.3 Å². The van der Waals surface area contributed by atoms with E-state index in [0.29, 0.717) is 37.6 Å². The largest absolute Gasteiger partial charge is 0.364 e. The summed E-state index contributed by atoms with van der Waals surface area (Å²) in [7, 11) is -3.50. The molecule has 0 aromatic heterocycles. The lowest BCUT2D eigenvalue weighted by molar-refractivity contribution is -0.907. The third-order valence-electron chi connectivity index (χ3n) is 6.32. The Morgan fingerprint density at radius 2 is 1.72 bits per heavy atom. The van der Waals surface area contributed by atoms with Gasteiger partial charge in [0.05, 0.1) is 4.90 Å². The van der Waals surface area contributed by atoms with Gasteiger partial charge < -0.3 is 14.5 Å². The van der Waals surface area contributed by atoms with E-state index in [2.05, 4.69) is 0 Å². The first-order chi connectivity index (χ1) is 13.8. The highest BCUT2D eigenvalue weighted by Gasteiger charge is 2.33. The van der Waals surface area contributed by atoms with Gasteiger partial charge in [0.25, 0.3) is 5.91 Å². The molecule has 1 aliphatic carbocycles. The molecule has 2 fully saturated rings. The number of benzene rings is 1. The number of quaternary nitrogens is 1. The number of piperazine rings is 1. The Morgan fingerprint density at radius 3 is 2.41 bits per heavy atom. The van der Waals surface area contributed by atoms with Gasteiger partial charge in [-0.1, -0.05) is 6.07 Å². The lowest BCUT2D eigenvalue weighted by Gasteiger charge is -2.36. The zero-order valence-electron chi connectivity index (χ0n) is 17.4. The van der Waals surface area contributed by atoms with Crippen LogP contribution >= 0.6 is 0 Å². The van der Waals surface area contributed by atoms with Crippen LogP contribution in [-0.4, -0.2) is 81.6 Å². The number of amides is 1. The van der Waals surface area contributed by atoms with Crippen LogP contribution in [0.15, 0.2) is 23.1 Å². The van der Waals surface area contributed by atoms with Crippen LogP contribution in [-0.2, 0) is 32.4 Å². The summed E-state index contributed by atoms with van der Waals surface area (Å²) in [6.45, 7) is 7.84. The first-order valence-electron chi connectivity index (χ1n) is 10.7. The molecule has 1 aromatic carbocycles. The molecule has 8 heteroatoms. The summed E-state index contributed by atoms with van der Waals surface area (Å²) in [6.07, 6.45) is 3.43. The maximum atomic E-state index is 13.1. The maximum Gasteiger partial charge on any atom is 0.277 e. The smallest absolute Gasteiger partial charge is 0.277 e. The molecule has 1 aromatic rings. The summed E-state index contributed by atoms with van der Waals surface area (Å²) in [5.41, 5.74) is 2.44. The van der Waals surface area contributed by atoms with Gasteiger partial charge in [0.2, 0.25) is 10.0 Å². The maximum absolute atomic E-state index is 13.1. The highest BCUT2D eigenvalue weighted by Crippen LogP contribution is 2.26. The van der Waals surface area contributed by atoms with Crippen LogP contribution < -0.4 is 4.90 Å². The molecule has 7 nitrogen and oxygen atoms in total. The molecule has 3 aliphatic rings. The number of hydrogen-bond acceptors (Lipinski definition) is 4. The van der Waals surface area contributed by atoms with E-state index in [1.54, 1.807) is 6.07 Å². The van der Waals surface area contributed by atoms with Gasteiger partial charge in [-0.25, -0.2) is 8.42 Å². The van der Waals surface area contributed by atoms with E-state index in [4.69, 9.17) is 4.74 Å². The number of sulfonamides is 1. The molecular formula is C21H32N3O4S+. The number of fused-ring (bicyclic) bond motifs is 1. The van der Waals surface area contributed by atoms with E-state index >= 15 is 0 Å². The predicted octanol–water partition coefficient (Wildman–Crippen LogP) is -0.300. The number of ether oxygens (including phenoxy) is 1. The number of carbonyl (C=O) groups excluding carboxylic acids is 1. The fourth-order valence-electron chi connectivity index (χ4n) is 4.89. The molecule has 0 saturated carbocycles. The standard InChI is InChI=1S/C21H31N3O4S/c1-16-13-22(14-17(2)28-16)15-21(25)23-8-10-24(11-9-23)29(26,27)20-7-6-18-4-3-5-19(18)12-20/h6-7,12,16-17H,3-5,8-11,13-15H2,1-2H3/p+1/t16-,17-/m1/s1. The van der Waals surface area contributed by atoms with Crippen LogP contribution in [0.5, 0.6) is 0 Å². The van der Waals surface area contributed by atoms with Crippen LogP contribution in [0.25, 0.3) is 0 Å². The third kappa shape index (κ3) is 4.50. The van der Waals surface area contributed by atoms with Crippen LogP contribution in [0.2, 0.25) is 0 Å². The summed E-state index contributed by atoms with van der Waals surface area (Å²) in [6, 6.07) is 5.54. The summed E-state index contributed by atoms with van der Waals surface area (Å²) in [5.74, 6) is 0.107. The van der Waals surface area contributed by atoms with E-state index in [1.807, 2.05) is 30.9 Å². The number of aryl methyl sites for hydroxylation is 2. The van der Waals surface area contributed by atoms with Crippen molar-refractivity contribution in [2.24, 2.45) is 0 Å². The minimum atomic E-state index is -3.50. The quantitative estimate of drug-likeness (QED) is 0.723. The molecular weight excluding hydrogens is 390 g/mol. The summed E-state index contributed by atoms with van der Waals surface area (Å²) in [5, 5.41) is 0. The van der Waals surface area contributed by atoms with E-state index in [9.17, 15) is 13.2 Å². The number of carbonyl (C=O) groups is 1. The van der Waals surface area contributed by atoms with Crippen molar-refractivity contribution in [3.63, 3.8) is 0 Å². The molecule has 29 heavy (non-hydrogen) atoms. The van der Waals surface area contributed by atoms with Gasteiger partial charge in [-0.15, -0.1) is 0 Å². The molecule has 4 rings (SSSR count). The fraction of sp³-hybridized carbons (Fsp3) is 0.667. The summed E-state index contributed by atoms with van der Waals surface area (Å²) in [4.78, 5) is 16.2. The van der Waals surface area contributed by atoms with E-state index in [1.165, 1.54) is 14.8 Å². The van der Waals surface area contributed by atoms with Gasteiger partial charge in [0, 0.05) is 26.2 Å². The molecule has 2 saturated heterocycles. The fourth-order valence-corrected chi connectivity index (χ4v) is 6.37. The van der Waals surface area contributed by atoms with Crippen molar-refractivity contribution in [2.75, 3.05) is 45.8 Å². The average molecular weight is 423 g/mol. The highest BCUT2D eigenvalue weighted by molar-refractivity contribution is 7.89. The second-order valence-electron chi connectivity index (χ2n) is 8.66. The van der Waals surface area contributed by atoms with Gasteiger partial charge >= 0.3 is 0 Å². The average Bonchev–Trinajstić information content (AvgIpc) is 3.15. The number of nitrogens with zero attached hydrogens (tertiary/aromatic N) is 2. The van der Waals surface area contributed by atoms with Crippen LogP contribution in [0.1, 0.15) is 31.4 Å². The van der Waals surface area contributed by atoms with Gasteiger partial charge in [-0.3, -0.25) is 4.79 Å². The van der Waals surface area contributed by atoms with E-state index in [0.717, 1.165) is 37.9 Å². The van der Waals surface area contributed by atoms with Crippen molar-refractivity contribution in [1.82, 2.24) is 9.21 Å². The molecule has 0 unspecified atom stereocenters. The van der Waals surface area contributed by atoms with Crippen molar-refractivity contribution < 1.29 is 22.8 Å². The van der Waals surface area contributed by atoms with Crippen LogP contribution in [0, 0.1) is 0 Å². The van der Waals surface area contributed by atoms with Crippen molar-refractivity contribution >= 4 is 15.9 Å². The third-order valence-corrected chi connectivity index (χ3v) is 8.21. The zero-order valence-corrected chi connectivity index (χ0v) is 18.2. The second-order valence-corrected chi connectivity index (χ2v) is 10.6. The number of rotatable bonds is 4. The van der Waals surface area contributed by atoms with Crippen molar-refractivity contribution in [3.05, 3.63) is 29.3 Å². The normalized spacial score (nSPS) is 28.3. The minimum absolute atomic E-state index is 0.107. The van der Waals surface area contributed by atoms with Crippen LogP contribution in [0.3, 0.4) is 0 Å². The molecule has 0 radical (unpaired) electrons. The Bertz CT molecular complexity index is 855. The second kappa shape index (κ2) is 8.34. The monoisotopic (exact) mass is 422 g/mol. The SMILES string of the molecule is C[C@@H]1C[NH+](CC(=O)N2CCN(S(=O)(=O)c3ccc4c(c3)CCC4)CC2)C[C@@H](C)O1. The molecule has 0 bridgehead atoms.